The lowest BCUT2D eigenvalue weighted by atomic mass is 9.82. The molecule has 1 aromatic rings. The van der Waals surface area contributed by atoms with Gasteiger partial charge in [-0.3, -0.25) is 4.52 Å². The van der Waals surface area contributed by atoms with E-state index in [9.17, 15) is 9.36 Å². The first-order valence-electron chi connectivity index (χ1n) is 8.29. The van der Waals surface area contributed by atoms with E-state index in [1.807, 2.05) is 12.2 Å². The number of nitrogens with two attached hydrogens (primary N) is 1. The van der Waals surface area contributed by atoms with Crippen LogP contribution in [0.15, 0.2) is 12.4 Å². The Bertz CT molecular complexity index is 774. The minimum atomic E-state index is -0.940. The fraction of sp³-hybridized carbons (Fsp3) is 0.562. The number of rotatable bonds is 5. The average molecular weight is 379 g/mol. The number of ether oxygens (including phenoxy) is 3. The lowest BCUT2D eigenvalue weighted by Crippen LogP contribution is -2.44. The second kappa shape index (κ2) is 6.57. The van der Waals surface area contributed by atoms with Crippen LogP contribution in [-0.4, -0.2) is 46.6 Å². The molecule has 10 heteroatoms. The van der Waals surface area contributed by atoms with Crippen LogP contribution in [0.2, 0.25) is 0 Å². The Morgan fingerprint density at radius 2 is 2.31 bits per heavy atom. The first-order valence-corrected chi connectivity index (χ1v) is 9.02. The number of carbonyl (C=O) groups excluding carboxylic acids is 1. The van der Waals surface area contributed by atoms with Crippen molar-refractivity contribution in [2.24, 2.45) is 0 Å². The standard InChI is InChI=1S/C16H18N3O6P/c1-16-11(23-10(6-22-26-21)13(16)24-15(20)25-16)5-8-3-2-4-9-12(8)18-7-19-14(9)17/h2,4,7-8,10-11,13H,3,5-6H2,1H3,(H2,17,18,19)/t8-,10-,11+,13-,16+/m1/s1. The number of hydrogen-bond donors (Lipinski definition) is 1. The van der Waals surface area contributed by atoms with Crippen molar-refractivity contribution in [3.63, 3.8) is 0 Å². The Balaban J connectivity index is 1.58. The molecule has 0 bridgehead atoms. The molecule has 1 aromatic heterocycles. The third-order valence-corrected chi connectivity index (χ3v) is 5.49. The van der Waals surface area contributed by atoms with Crippen LogP contribution in [0.1, 0.15) is 36.9 Å². The van der Waals surface area contributed by atoms with Crippen molar-refractivity contribution < 1.29 is 28.1 Å². The third kappa shape index (κ3) is 2.76. The fourth-order valence-electron chi connectivity index (χ4n) is 3.96. The highest BCUT2D eigenvalue weighted by Gasteiger charge is 2.63. The van der Waals surface area contributed by atoms with E-state index in [0.717, 1.165) is 17.7 Å². The summed E-state index contributed by atoms with van der Waals surface area (Å²) in [6.07, 6.45) is 4.40. The second-order valence-electron chi connectivity index (χ2n) is 6.74. The minimum absolute atomic E-state index is 0.0364. The summed E-state index contributed by atoms with van der Waals surface area (Å²) in [4.78, 5) is 20.1. The number of nitrogens with zero attached hydrogens (tertiary/aromatic N) is 2. The van der Waals surface area contributed by atoms with E-state index >= 15 is 0 Å². The van der Waals surface area contributed by atoms with Crippen molar-refractivity contribution >= 4 is 26.7 Å². The van der Waals surface area contributed by atoms with Gasteiger partial charge in [0.2, 0.25) is 0 Å². The zero-order valence-corrected chi connectivity index (χ0v) is 14.9. The van der Waals surface area contributed by atoms with Gasteiger partial charge in [-0.15, -0.1) is 0 Å². The van der Waals surface area contributed by atoms with Crippen LogP contribution in [0.3, 0.4) is 0 Å². The quantitative estimate of drug-likeness (QED) is 0.606. The monoisotopic (exact) mass is 379 g/mol. The average Bonchev–Trinajstić information content (AvgIpc) is 3.05. The van der Waals surface area contributed by atoms with Gasteiger partial charge >= 0.3 is 14.8 Å². The van der Waals surface area contributed by atoms with Crippen LogP contribution in [0, 0.1) is 0 Å². The van der Waals surface area contributed by atoms with Crippen molar-refractivity contribution in [1.82, 2.24) is 9.97 Å². The number of aromatic nitrogens is 2. The van der Waals surface area contributed by atoms with E-state index in [1.54, 1.807) is 6.92 Å². The summed E-state index contributed by atoms with van der Waals surface area (Å²) in [6.45, 7) is 1.82. The summed E-state index contributed by atoms with van der Waals surface area (Å²) >= 11 is 0. The molecule has 0 amide bonds. The molecule has 5 atom stereocenters. The molecule has 0 unspecified atom stereocenters. The molecule has 4 rings (SSSR count). The van der Waals surface area contributed by atoms with E-state index in [-0.39, 0.29) is 12.5 Å². The summed E-state index contributed by atoms with van der Waals surface area (Å²) in [5.41, 5.74) is 6.68. The van der Waals surface area contributed by atoms with E-state index < -0.39 is 38.8 Å². The molecule has 2 saturated heterocycles. The zero-order chi connectivity index (χ0) is 18.3. The molecular weight excluding hydrogens is 361 g/mol. The molecule has 9 nitrogen and oxygen atoms in total. The summed E-state index contributed by atoms with van der Waals surface area (Å²) in [7, 11) is -0.454. The van der Waals surface area contributed by atoms with Gasteiger partial charge in [0, 0.05) is 11.5 Å². The SMILES string of the molecule is C[C@@]12OC(=O)O[C@@H]1[C@@H](COP=O)O[C@H]2C[C@H]1CC=Cc2c(N)ncnc21. The molecule has 2 N–H and O–H groups in total. The highest BCUT2D eigenvalue weighted by atomic mass is 31.1. The van der Waals surface area contributed by atoms with Gasteiger partial charge in [0.15, 0.2) is 11.7 Å². The Morgan fingerprint density at radius 3 is 3.12 bits per heavy atom. The van der Waals surface area contributed by atoms with Gasteiger partial charge in [0.25, 0.3) is 0 Å². The van der Waals surface area contributed by atoms with Crippen LogP contribution in [-0.2, 0) is 23.3 Å². The second-order valence-corrected chi connectivity index (χ2v) is 7.14. The minimum Gasteiger partial charge on any atom is -0.424 e. The predicted molar refractivity (Wildman–Crippen MR) is 89.4 cm³/mol. The topological polar surface area (TPSA) is 123 Å². The van der Waals surface area contributed by atoms with Gasteiger partial charge in [-0.25, -0.2) is 19.3 Å². The summed E-state index contributed by atoms with van der Waals surface area (Å²) in [6, 6.07) is 0. The zero-order valence-electron chi connectivity index (χ0n) is 14.0. The first-order chi connectivity index (χ1) is 12.5. The molecule has 0 aromatic carbocycles. The van der Waals surface area contributed by atoms with Gasteiger partial charge in [-0.1, -0.05) is 12.2 Å². The van der Waals surface area contributed by atoms with E-state index in [1.165, 1.54) is 6.33 Å². The molecule has 0 radical (unpaired) electrons. The number of fused-ring (bicyclic) bond motifs is 2. The third-order valence-electron chi connectivity index (χ3n) is 5.23. The molecule has 138 valence electrons. The van der Waals surface area contributed by atoms with Crippen molar-refractivity contribution in [2.45, 2.75) is 49.6 Å². The first kappa shape index (κ1) is 17.3. The highest BCUT2D eigenvalue weighted by molar-refractivity contribution is 7.17. The maximum atomic E-state index is 11.7. The van der Waals surface area contributed by atoms with Crippen LogP contribution in [0.4, 0.5) is 10.6 Å². The van der Waals surface area contributed by atoms with Crippen LogP contribution in [0.25, 0.3) is 6.08 Å². The highest BCUT2D eigenvalue weighted by Crippen LogP contribution is 2.46. The molecule has 2 fully saturated rings. The van der Waals surface area contributed by atoms with Crippen LogP contribution >= 0.6 is 8.69 Å². The summed E-state index contributed by atoms with van der Waals surface area (Å²) in [5.74, 6) is 0.475. The fourth-order valence-corrected chi connectivity index (χ4v) is 4.17. The molecule has 3 aliphatic rings. The normalized spacial score (nSPS) is 35.0. The molecule has 1 aliphatic carbocycles. The van der Waals surface area contributed by atoms with Gasteiger partial charge < -0.3 is 19.9 Å². The number of hydrogen-bond acceptors (Lipinski definition) is 9. The largest absolute Gasteiger partial charge is 0.509 e. The maximum Gasteiger partial charge on any atom is 0.509 e. The Labute approximate surface area is 151 Å². The van der Waals surface area contributed by atoms with E-state index in [0.29, 0.717) is 12.2 Å². The number of carbonyl (C=O) groups is 1. The number of allylic oxidation sites excluding steroid dienone is 1. The van der Waals surface area contributed by atoms with Crippen molar-refractivity contribution in [2.75, 3.05) is 12.3 Å². The Kier molecular flexibility index (Phi) is 4.38. The van der Waals surface area contributed by atoms with Gasteiger partial charge in [-0.05, 0) is 19.8 Å². The molecule has 3 heterocycles. The molecule has 0 saturated carbocycles. The molecular formula is C16H18N3O6P. The van der Waals surface area contributed by atoms with E-state index in [2.05, 4.69) is 9.97 Å². The molecule has 0 spiro atoms. The van der Waals surface area contributed by atoms with Gasteiger partial charge in [0.1, 0.15) is 24.4 Å². The van der Waals surface area contributed by atoms with Gasteiger partial charge in [-0.2, -0.15) is 0 Å². The number of anilines is 1. The van der Waals surface area contributed by atoms with Crippen LogP contribution in [0.5, 0.6) is 0 Å². The lowest BCUT2D eigenvalue weighted by Gasteiger charge is -2.29. The maximum absolute atomic E-state index is 11.7. The summed E-state index contributed by atoms with van der Waals surface area (Å²) in [5, 5.41) is 0. The smallest absolute Gasteiger partial charge is 0.424 e. The Morgan fingerprint density at radius 1 is 1.46 bits per heavy atom. The lowest BCUT2D eigenvalue weighted by molar-refractivity contribution is -0.0587. The van der Waals surface area contributed by atoms with Crippen molar-refractivity contribution in [1.29, 1.82) is 0 Å². The molecule has 26 heavy (non-hydrogen) atoms. The molecule has 2 aliphatic heterocycles. The van der Waals surface area contributed by atoms with Crippen molar-refractivity contribution in [3.05, 3.63) is 23.7 Å². The summed E-state index contributed by atoms with van der Waals surface area (Å²) < 4.78 is 32.3. The Hall–Kier alpha value is -2.09. The van der Waals surface area contributed by atoms with E-state index in [4.69, 9.17) is 24.5 Å². The van der Waals surface area contributed by atoms with Crippen LogP contribution < -0.4 is 5.73 Å². The van der Waals surface area contributed by atoms with Gasteiger partial charge in [0.05, 0.1) is 12.3 Å². The number of nitrogen functional groups attached to an aromatic ring is 1. The van der Waals surface area contributed by atoms with Crippen molar-refractivity contribution in [3.8, 4) is 0 Å². The predicted octanol–water partition coefficient (Wildman–Crippen LogP) is 2.23.